The lowest BCUT2D eigenvalue weighted by Crippen LogP contribution is -2.20. The Morgan fingerprint density at radius 1 is 1.08 bits per heavy atom. The summed E-state index contributed by atoms with van der Waals surface area (Å²) in [5, 5.41) is 3.89. The average Bonchev–Trinajstić information content (AvgIpc) is 2.62. The number of aromatic nitrogens is 1. The molecule has 0 amide bonds. The second kappa shape index (κ2) is 10.8. The summed E-state index contributed by atoms with van der Waals surface area (Å²) < 4.78 is 16.9. The summed E-state index contributed by atoms with van der Waals surface area (Å²) >= 11 is 6.36. The van der Waals surface area contributed by atoms with Crippen LogP contribution < -0.4 is 19.5 Å². The van der Waals surface area contributed by atoms with Gasteiger partial charge in [-0.05, 0) is 37.1 Å². The molecule has 0 saturated carbocycles. The number of nitrogens with one attached hydrogen (secondary N) is 1. The highest BCUT2D eigenvalue weighted by Gasteiger charge is 2.12. The highest BCUT2D eigenvalue weighted by Crippen LogP contribution is 2.36. The van der Waals surface area contributed by atoms with E-state index in [1.54, 1.807) is 6.20 Å². The second-order valence-electron chi connectivity index (χ2n) is 5.38. The van der Waals surface area contributed by atoms with Gasteiger partial charge in [-0.1, -0.05) is 24.6 Å². The molecule has 1 heterocycles. The molecular weight excluding hydrogens is 340 g/mol. The van der Waals surface area contributed by atoms with Crippen LogP contribution in [0.4, 0.5) is 0 Å². The summed E-state index contributed by atoms with van der Waals surface area (Å²) in [5.74, 6) is 1.93. The Morgan fingerprint density at radius 3 is 2.68 bits per heavy atom. The third-order valence-corrected chi connectivity index (χ3v) is 3.60. The Morgan fingerprint density at radius 2 is 1.96 bits per heavy atom. The number of rotatable bonds is 11. The van der Waals surface area contributed by atoms with Gasteiger partial charge in [0, 0.05) is 25.4 Å². The fraction of sp³-hybridized carbons (Fsp3) is 0.421. The fourth-order valence-electron chi connectivity index (χ4n) is 2.22. The van der Waals surface area contributed by atoms with Crippen molar-refractivity contribution in [2.45, 2.75) is 26.8 Å². The molecule has 0 atom stereocenters. The largest absolute Gasteiger partial charge is 0.490 e. The Bertz CT molecular complexity index is 638. The van der Waals surface area contributed by atoms with Crippen molar-refractivity contribution < 1.29 is 14.2 Å². The van der Waals surface area contributed by atoms with Gasteiger partial charge in [0.1, 0.15) is 6.61 Å². The summed E-state index contributed by atoms with van der Waals surface area (Å²) in [4.78, 5) is 4.11. The molecule has 25 heavy (non-hydrogen) atoms. The molecule has 0 radical (unpaired) electrons. The van der Waals surface area contributed by atoms with E-state index in [0.717, 1.165) is 12.0 Å². The van der Waals surface area contributed by atoms with E-state index in [4.69, 9.17) is 25.8 Å². The van der Waals surface area contributed by atoms with Gasteiger partial charge in [-0.3, -0.25) is 0 Å². The summed E-state index contributed by atoms with van der Waals surface area (Å²) in [6, 6.07) is 9.46. The zero-order valence-electron chi connectivity index (χ0n) is 14.8. The standard InChI is InChI=1S/C19H25ClN2O3/c1-3-10-25-19-16(20)12-15(13-17(19)23-4-2)14-21-9-11-24-18-7-5-6-8-22-18/h5-8,12-13,21H,3-4,9-11,14H2,1-2H3. The van der Waals surface area contributed by atoms with Crippen LogP contribution in [-0.2, 0) is 6.54 Å². The van der Waals surface area contributed by atoms with Gasteiger partial charge in [0.25, 0.3) is 0 Å². The van der Waals surface area contributed by atoms with Crippen LogP contribution >= 0.6 is 11.6 Å². The molecular formula is C19H25ClN2O3. The van der Waals surface area contributed by atoms with Gasteiger partial charge in [0.15, 0.2) is 11.5 Å². The van der Waals surface area contributed by atoms with E-state index in [2.05, 4.69) is 17.2 Å². The van der Waals surface area contributed by atoms with Crippen molar-refractivity contribution >= 4 is 11.6 Å². The molecule has 6 heteroatoms. The molecule has 5 nitrogen and oxygen atoms in total. The lowest BCUT2D eigenvalue weighted by molar-refractivity contribution is 0.276. The van der Waals surface area contributed by atoms with Crippen LogP contribution in [0.1, 0.15) is 25.8 Å². The molecule has 1 N–H and O–H groups in total. The number of halogens is 1. The topological polar surface area (TPSA) is 52.6 Å². The van der Waals surface area contributed by atoms with Crippen molar-refractivity contribution in [2.24, 2.45) is 0 Å². The maximum Gasteiger partial charge on any atom is 0.213 e. The smallest absolute Gasteiger partial charge is 0.213 e. The third kappa shape index (κ3) is 6.44. The first-order valence-electron chi connectivity index (χ1n) is 8.57. The molecule has 0 bridgehead atoms. The lowest BCUT2D eigenvalue weighted by atomic mass is 10.2. The first-order chi connectivity index (χ1) is 12.2. The maximum absolute atomic E-state index is 6.36. The minimum absolute atomic E-state index is 0.542. The lowest BCUT2D eigenvalue weighted by Gasteiger charge is -2.15. The first kappa shape index (κ1) is 19.3. The molecule has 0 saturated heterocycles. The van der Waals surface area contributed by atoms with Crippen molar-refractivity contribution in [2.75, 3.05) is 26.4 Å². The average molecular weight is 365 g/mol. The minimum Gasteiger partial charge on any atom is -0.490 e. The predicted octanol–water partition coefficient (Wildman–Crippen LogP) is 4.09. The highest BCUT2D eigenvalue weighted by molar-refractivity contribution is 6.32. The van der Waals surface area contributed by atoms with Crippen molar-refractivity contribution in [3.05, 3.63) is 47.1 Å². The molecule has 2 rings (SSSR count). The SMILES string of the molecule is CCCOc1c(Cl)cc(CNCCOc2ccccn2)cc1OCC. The summed E-state index contributed by atoms with van der Waals surface area (Å²) in [5.41, 5.74) is 1.04. The fourth-order valence-corrected chi connectivity index (χ4v) is 2.51. The van der Waals surface area contributed by atoms with Crippen molar-refractivity contribution in [3.8, 4) is 17.4 Å². The van der Waals surface area contributed by atoms with Crippen LogP contribution in [0.2, 0.25) is 5.02 Å². The van der Waals surface area contributed by atoms with E-state index in [0.29, 0.717) is 55.3 Å². The van der Waals surface area contributed by atoms with Crippen molar-refractivity contribution in [1.29, 1.82) is 0 Å². The van der Waals surface area contributed by atoms with Crippen molar-refractivity contribution in [3.63, 3.8) is 0 Å². The second-order valence-corrected chi connectivity index (χ2v) is 5.79. The van der Waals surface area contributed by atoms with Crippen LogP contribution in [0.3, 0.4) is 0 Å². The number of benzene rings is 1. The molecule has 1 aromatic heterocycles. The Balaban J connectivity index is 1.86. The minimum atomic E-state index is 0.542. The van der Waals surface area contributed by atoms with Crippen LogP contribution in [0.15, 0.2) is 36.5 Å². The summed E-state index contributed by atoms with van der Waals surface area (Å²) in [6.07, 6.45) is 2.63. The summed E-state index contributed by atoms with van der Waals surface area (Å²) in [7, 11) is 0. The van der Waals surface area contributed by atoms with E-state index >= 15 is 0 Å². The molecule has 2 aromatic rings. The van der Waals surface area contributed by atoms with E-state index in [1.165, 1.54) is 0 Å². The Kier molecular flexibility index (Phi) is 8.35. The molecule has 0 unspecified atom stereocenters. The van der Waals surface area contributed by atoms with Gasteiger partial charge >= 0.3 is 0 Å². The van der Waals surface area contributed by atoms with Gasteiger partial charge in [-0.15, -0.1) is 0 Å². The quantitative estimate of drug-likeness (QED) is 0.608. The number of ether oxygens (including phenoxy) is 3. The molecule has 0 aliphatic rings. The van der Waals surface area contributed by atoms with Gasteiger partial charge in [-0.25, -0.2) is 4.98 Å². The number of hydrogen-bond donors (Lipinski definition) is 1. The first-order valence-corrected chi connectivity index (χ1v) is 8.95. The molecule has 1 aromatic carbocycles. The molecule has 136 valence electrons. The van der Waals surface area contributed by atoms with Crippen LogP contribution in [0.25, 0.3) is 0 Å². The van der Waals surface area contributed by atoms with E-state index in [9.17, 15) is 0 Å². The molecule has 0 aliphatic carbocycles. The van der Waals surface area contributed by atoms with Crippen LogP contribution in [0, 0.1) is 0 Å². The van der Waals surface area contributed by atoms with Gasteiger partial charge in [0.2, 0.25) is 5.88 Å². The third-order valence-electron chi connectivity index (χ3n) is 3.32. The highest BCUT2D eigenvalue weighted by atomic mass is 35.5. The van der Waals surface area contributed by atoms with Gasteiger partial charge in [-0.2, -0.15) is 0 Å². The molecule has 0 aliphatic heterocycles. The summed E-state index contributed by atoms with van der Waals surface area (Å²) in [6.45, 7) is 7.08. The molecule has 0 spiro atoms. The number of nitrogens with zero attached hydrogens (tertiary/aromatic N) is 1. The zero-order valence-corrected chi connectivity index (χ0v) is 15.5. The van der Waals surface area contributed by atoms with Crippen molar-refractivity contribution in [1.82, 2.24) is 10.3 Å². The maximum atomic E-state index is 6.36. The Hall–Kier alpha value is -1.98. The van der Waals surface area contributed by atoms with Gasteiger partial charge in [0.05, 0.1) is 18.2 Å². The number of hydrogen-bond acceptors (Lipinski definition) is 5. The molecule has 0 fully saturated rings. The van der Waals surface area contributed by atoms with E-state index in [1.807, 2.05) is 37.3 Å². The zero-order chi connectivity index (χ0) is 17.9. The monoisotopic (exact) mass is 364 g/mol. The van der Waals surface area contributed by atoms with Crippen LogP contribution in [0.5, 0.6) is 17.4 Å². The van der Waals surface area contributed by atoms with E-state index < -0.39 is 0 Å². The van der Waals surface area contributed by atoms with Gasteiger partial charge < -0.3 is 19.5 Å². The number of pyridine rings is 1. The van der Waals surface area contributed by atoms with Crippen LogP contribution in [-0.4, -0.2) is 31.3 Å². The predicted molar refractivity (Wildman–Crippen MR) is 99.8 cm³/mol. The Labute approximate surface area is 154 Å². The normalized spacial score (nSPS) is 10.5. The van der Waals surface area contributed by atoms with E-state index in [-0.39, 0.29) is 0 Å².